The summed E-state index contributed by atoms with van der Waals surface area (Å²) in [6, 6.07) is 0. The standard InChI is InChI=1S/C10H14FN/c1-3-4-10(11)9-6-5-8(2)12-7-9/h3,7,10H,1,4-6H2,2H3. The Balaban J connectivity index is 2.58. The second kappa shape index (κ2) is 4.19. The summed E-state index contributed by atoms with van der Waals surface area (Å²) in [6.45, 7) is 5.47. The van der Waals surface area contributed by atoms with Crippen molar-refractivity contribution in [3.8, 4) is 0 Å². The van der Waals surface area contributed by atoms with Crippen molar-refractivity contribution >= 4 is 5.71 Å². The highest BCUT2D eigenvalue weighted by Gasteiger charge is 2.13. The van der Waals surface area contributed by atoms with Crippen LogP contribution in [-0.2, 0) is 0 Å². The fourth-order valence-corrected chi connectivity index (χ4v) is 1.18. The van der Waals surface area contributed by atoms with Crippen molar-refractivity contribution in [2.24, 2.45) is 4.99 Å². The Morgan fingerprint density at radius 2 is 2.50 bits per heavy atom. The first-order valence-corrected chi connectivity index (χ1v) is 4.21. The van der Waals surface area contributed by atoms with Crippen molar-refractivity contribution in [3.63, 3.8) is 0 Å². The van der Waals surface area contributed by atoms with Crippen molar-refractivity contribution in [2.45, 2.75) is 32.4 Å². The van der Waals surface area contributed by atoms with Gasteiger partial charge in [0, 0.05) is 18.3 Å². The molecule has 0 aromatic rings. The minimum Gasteiger partial charge on any atom is -0.266 e. The first-order chi connectivity index (χ1) is 5.74. The number of halogens is 1. The molecule has 0 spiro atoms. The molecule has 0 N–H and O–H groups in total. The van der Waals surface area contributed by atoms with Gasteiger partial charge in [-0.15, -0.1) is 6.58 Å². The third-order valence-electron chi connectivity index (χ3n) is 2.00. The van der Waals surface area contributed by atoms with Gasteiger partial charge in [-0.3, -0.25) is 4.99 Å². The van der Waals surface area contributed by atoms with E-state index in [4.69, 9.17) is 0 Å². The molecule has 0 aromatic carbocycles. The maximum absolute atomic E-state index is 13.2. The molecule has 1 aliphatic rings. The topological polar surface area (TPSA) is 12.4 Å². The molecule has 0 saturated heterocycles. The van der Waals surface area contributed by atoms with Gasteiger partial charge in [0.1, 0.15) is 6.17 Å². The quantitative estimate of drug-likeness (QED) is 0.573. The summed E-state index contributed by atoms with van der Waals surface area (Å²) in [7, 11) is 0. The molecule has 1 rings (SSSR count). The molecular weight excluding hydrogens is 153 g/mol. The van der Waals surface area contributed by atoms with Crippen LogP contribution in [0.25, 0.3) is 0 Å². The Labute approximate surface area is 72.7 Å². The van der Waals surface area contributed by atoms with Gasteiger partial charge in [-0.2, -0.15) is 0 Å². The molecule has 1 aliphatic heterocycles. The molecule has 0 fully saturated rings. The number of aliphatic imine (C=N–C) groups is 1. The van der Waals surface area contributed by atoms with Crippen molar-refractivity contribution in [3.05, 3.63) is 24.4 Å². The van der Waals surface area contributed by atoms with Gasteiger partial charge in [0.15, 0.2) is 0 Å². The monoisotopic (exact) mass is 167 g/mol. The van der Waals surface area contributed by atoms with Crippen molar-refractivity contribution in [2.75, 3.05) is 0 Å². The zero-order valence-corrected chi connectivity index (χ0v) is 7.39. The highest BCUT2D eigenvalue weighted by molar-refractivity contribution is 5.83. The van der Waals surface area contributed by atoms with Crippen LogP contribution in [0, 0.1) is 0 Å². The van der Waals surface area contributed by atoms with E-state index in [1.165, 1.54) is 0 Å². The lowest BCUT2D eigenvalue weighted by molar-refractivity contribution is 0.376. The zero-order chi connectivity index (χ0) is 8.97. The SMILES string of the molecule is C=CCC(F)C1=CN=C(C)CC1. The fourth-order valence-electron chi connectivity index (χ4n) is 1.18. The minimum absolute atomic E-state index is 0.403. The Hall–Kier alpha value is -0.920. The molecule has 12 heavy (non-hydrogen) atoms. The summed E-state index contributed by atoms with van der Waals surface area (Å²) in [5.41, 5.74) is 1.89. The highest BCUT2D eigenvalue weighted by atomic mass is 19.1. The average molecular weight is 167 g/mol. The van der Waals surface area contributed by atoms with Crippen LogP contribution >= 0.6 is 0 Å². The summed E-state index contributed by atoms with van der Waals surface area (Å²) >= 11 is 0. The minimum atomic E-state index is -0.876. The van der Waals surface area contributed by atoms with E-state index in [2.05, 4.69) is 11.6 Å². The third-order valence-corrected chi connectivity index (χ3v) is 2.00. The Bertz CT molecular complexity index is 228. The van der Waals surface area contributed by atoms with Gasteiger partial charge < -0.3 is 0 Å². The van der Waals surface area contributed by atoms with Gasteiger partial charge in [0.25, 0.3) is 0 Å². The smallest absolute Gasteiger partial charge is 0.126 e. The summed E-state index contributed by atoms with van der Waals surface area (Å²) in [5, 5.41) is 0. The van der Waals surface area contributed by atoms with Crippen LogP contribution in [0.3, 0.4) is 0 Å². The van der Waals surface area contributed by atoms with E-state index in [9.17, 15) is 4.39 Å². The molecule has 2 heteroatoms. The van der Waals surface area contributed by atoms with Gasteiger partial charge in [0.05, 0.1) is 0 Å². The number of hydrogen-bond donors (Lipinski definition) is 0. The molecule has 0 radical (unpaired) electrons. The molecule has 0 aromatic heterocycles. The van der Waals surface area contributed by atoms with E-state index in [0.29, 0.717) is 6.42 Å². The fraction of sp³-hybridized carbons (Fsp3) is 0.500. The first-order valence-electron chi connectivity index (χ1n) is 4.21. The van der Waals surface area contributed by atoms with E-state index in [1.54, 1.807) is 12.3 Å². The Morgan fingerprint density at radius 3 is 3.00 bits per heavy atom. The van der Waals surface area contributed by atoms with Gasteiger partial charge in [0.2, 0.25) is 0 Å². The number of hydrogen-bond acceptors (Lipinski definition) is 1. The number of alkyl halides is 1. The van der Waals surface area contributed by atoms with Crippen LogP contribution in [0.2, 0.25) is 0 Å². The lowest BCUT2D eigenvalue weighted by Crippen LogP contribution is -2.08. The summed E-state index contributed by atoms with van der Waals surface area (Å²) in [5.74, 6) is 0. The average Bonchev–Trinajstić information content (AvgIpc) is 2.06. The molecule has 1 heterocycles. The third kappa shape index (κ3) is 2.29. The lowest BCUT2D eigenvalue weighted by atomic mass is 10.0. The summed E-state index contributed by atoms with van der Waals surface area (Å²) < 4.78 is 13.2. The predicted molar refractivity (Wildman–Crippen MR) is 50.1 cm³/mol. The number of rotatable bonds is 3. The lowest BCUT2D eigenvalue weighted by Gasteiger charge is -2.13. The Kier molecular flexibility index (Phi) is 3.20. The number of nitrogens with zero attached hydrogens (tertiary/aromatic N) is 1. The summed E-state index contributed by atoms with van der Waals surface area (Å²) in [6.07, 6.45) is 4.50. The molecule has 1 atom stereocenters. The normalized spacial score (nSPS) is 19.5. The maximum Gasteiger partial charge on any atom is 0.126 e. The molecule has 66 valence electrons. The highest BCUT2D eigenvalue weighted by Crippen LogP contribution is 2.20. The van der Waals surface area contributed by atoms with Crippen LogP contribution in [0.15, 0.2) is 29.4 Å². The van der Waals surface area contributed by atoms with E-state index < -0.39 is 6.17 Å². The van der Waals surface area contributed by atoms with Crippen molar-refractivity contribution in [1.82, 2.24) is 0 Å². The van der Waals surface area contributed by atoms with Crippen LogP contribution in [0.5, 0.6) is 0 Å². The van der Waals surface area contributed by atoms with Crippen LogP contribution < -0.4 is 0 Å². The molecule has 0 saturated carbocycles. The number of allylic oxidation sites excluding steroid dienone is 2. The molecule has 0 aliphatic carbocycles. The summed E-state index contributed by atoms with van der Waals surface area (Å²) in [4.78, 5) is 4.09. The van der Waals surface area contributed by atoms with Gasteiger partial charge in [-0.1, -0.05) is 6.08 Å². The van der Waals surface area contributed by atoms with Gasteiger partial charge >= 0.3 is 0 Å². The molecule has 1 nitrogen and oxygen atoms in total. The van der Waals surface area contributed by atoms with Crippen molar-refractivity contribution < 1.29 is 4.39 Å². The first kappa shape index (κ1) is 9.17. The molecular formula is C10H14FN. The molecule has 0 amide bonds. The second-order valence-electron chi connectivity index (χ2n) is 3.06. The van der Waals surface area contributed by atoms with Crippen LogP contribution in [0.4, 0.5) is 4.39 Å². The van der Waals surface area contributed by atoms with E-state index in [0.717, 1.165) is 24.1 Å². The van der Waals surface area contributed by atoms with Gasteiger partial charge in [-0.05, 0) is 25.3 Å². The molecule has 0 bridgehead atoms. The van der Waals surface area contributed by atoms with Crippen molar-refractivity contribution in [1.29, 1.82) is 0 Å². The van der Waals surface area contributed by atoms with Crippen LogP contribution in [-0.4, -0.2) is 11.9 Å². The second-order valence-corrected chi connectivity index (χ2v) is 3.06. The maximum atomic E-state index is 13.2. The van der Waals surface area contributed by atoms with Crippen LogP contribution in [0.1, 0.15) is 26.2 Å². The predicted octanol–water partition coefficient (Wildman–Crippen LogP) is 3.04. The Morgan fingerprint density at radius 1 is 1.75 bits per heavy atom. The van der Waals surface area contributed by atoms with E-state index in [1.807, 2.05) is 6.92 Å². The zero-order valence-electron chi connectivity index (χ0n) is 7.39. The van der Waals surface area contributed by atoms with E-state index in [-0.39, 0.29) is 0 Å². The largest absolute Gasteiger partial charge is 0.266 e. The van der Waals surface area contributed by atoms with Gasteiger partial charge in [-0.25, -0.2) is 4.39 Å². The van der Waals surface area contributed by atoms with E-state index >= 15 is 0 Å². The molecule has 1 unspecified atom stereocenters.